The zero-order chi connectivity index (χ0) is 56.0. The van der Waals surface area contributed by atoms with Gasteiger partial charge in [0.2, 0.25) is 5.91 Å². The van der Waals surface area contributed by atoms with Gasteiger partial charge in [0.05, 0.1) is 32.0 Å². The summed E-state index contributed by atoms with van der Waals surface area (Å²) in [5.41, 5.74) is 0. The van der Waals surface area contributed by atoms with E-state index < -0.39 is 86.8 Å². The van der Waals surface area contributed by atoms with Crippen LogP contribution in [0.1, 0.15) is 251 Å². The van der Waals surface area contributed by atoms with E-state index in [1.54, 1.807) is 0 Å². The number of hydrogen-bond acceptors (Lipinski definition) is 13. The molecule has 0 saturated carbocycles. The van der Waals surface area contributed by atoms with Crippen molar-refractivity contribution in [3.63, 3.8) is 0 Å². The van der Waals surface area contributed by atoms with E-state index in [1.165, 1.54) is 148 Å². The maximum absolute atomic E-state index is 13.2. The molecule has 2 heterocycles. The van der Waals surface area contributed by atoms with E-state index in [1.807, 2.05) is 0 Å². The Labute approximate surface area is 467 Å². The number of hydrogen-bond donors (Lipinski definition) is 9. The third kappa shape index (κ3) is 34.1. The molecule has 0 spiro atoms. The second-order valence-corrected chi connectivity index (χ2v) is 22.2. The number of carbonyl (C=O) groups excluding carboxylic acids is 1. The molecule has 450 valence electrons. The number of rotatable bonds is 50. The van der Waals surface area contributed by atoms with E-state index in [2.05, 4.69) is 67.8 Å². The second-order valence-electron chi connectivity index (χ2n) is 22.2. The first-order valence-electron chi connectivity index (χ1n) is 31.4. The standard InChI is InChI=1S/C63H115NO13/c1-3-5-7-9-11-13-14-15-16-17-18-19-20-21-22-23-24-25-26-27-28-29-30-31-32-33-34-35-36-37-38-39-41-43-45-47-55(68)64-51(52(67)46-44-42-40-12-10-8-6-4-2)50-74-62-60(73)58(71)61(54(49-66)76-62)77-63-59(72)57(70)56(69)53(48-65)75-63/h5,7,11,13,15-16,18-19,51-54,56-63,65-67,69-73H,3-4,6,8-10,12,14,17,20-50H2,1-2H3,(H,64,68)/b7-5-,13-11-,16-15-,19-18-. The Hall–Kier alpha value is -2.05. The summed E-state index contributed by atoms with van der Waals surface area (Å²) >= 11 is 0. The van der Waals surface area contributed by atoms with Crippen LogP contribution in [0.3, 0.4) is 0 Å². The number of amides is 1. The van der Waals surface area contributed by atoms with Crippen molar-refractivity contribution in [2.75, 3.05) is 19.8 Å². The Morgan fingerprint density at radius 1 is 0.481 bits per heavy atom. The van der Waals surface area contributed by atoms with Crippen LogP contribution in [0.2, 0.25) is 0 Å². The van der Waals surface area contributed by atoms with E-state index in [0.29, 0.717) is 12.8 Å². The highest BCUT2D eigenvalue weighted by Gasteiger charge is 2.51. The van der Waals surface area contributed by atoms with E-state index in [4.69, 9.17) is 18.9 Å². The molecule has 0 aliphatic carbocycles. The summed E-state index contributed by atoms with van der Waals surface area (Å²) in [7, 11) is 0. The minimum absolute atomic E-state index is 0.207. The molecule has 2 aliphatic heterocycles. The number of aliphatic hydroxyl groups is 8. The average molecular weight is 1090 g/mol. The molecule has 12 unspecified atom stereocenters. The largest absolute Gasteiger partial charge is 0.394 e. The quantitative estimate of drug-likeness (QED) is 0.0204. The van der Waals surface area contributed by atoms with Crippen molar-refractivity contribution in [2.24, 2.45) is 0 Å². The Morgan fingerprint density at radius 3 is 1.38 bits per heavy atom. The third-order valence-electron chi connectivity index (χ3n) is 15.3. The van der Waals surface area contributed by atoms with E-state index in [9.17, 15) is 45.6 Å². The lowest BCUT2D eigenvalue weighted by Gasteiger charge is -2.46. The van der Waals surface area contributed by atoms with Crippen LogP contribution < -0.4 is 5.32 Å². The van der Waals surface area contributed by atoms with Gasteiger partial charge in [-0.15, -0.1) is 0 Å². The van der Waals surface area contributed by atoms with Gasteiger partial charge in [0, 0.05) is 6.42 Å². The Bertz CT molecular complexity index is 1480. The Morgan fingerprint density at radius 2 is 0.896 bits per heavy atom. The first-order valence-corrected chi connectivity index (χ1v) is 31.4. The van der Waals surface area contributed by atoms with Gasteiger partial charge >= 0.3 is 0 Å². The second kappa shape index (κ2) is 48.6. The van der Waals surface area contributed by atoms with Gasteiger partial charge in [0.25, 0.3) is 0 Å². The highest BCUT2D eigenvalue weighted by Crippen LogP contribution is 2.30. The van der Waals surface area contributed by atoms with E-state index >= 15 is 0 Å². The molecule has 0 aromatic rings. The van der Waals surface area contributed by atoms with Crippen molar-refractivity contribution in [1.82, 2.24) is 5.32 Å². The number of ether oxygens (including phenoxy) is 4. The smallest absolute Gasteiger partial charge is 0.220 e. The minimum atomic E-state index is -1.78. The van der Waals surface area contributed by atoms with Crippen LogP contribution in [0.25, 0.3) is 0 Å². The maximum Gasteiger partial charge on any atom is 0.220 e. The molecule has 2 saturated heterocycles. The molecule has 0 aromatic heterocycles. The molecular formula is C63H115NO13. The molecule has 2 fully saturated rings. The Kier molecular flexibility index (Phi) is 44.9. The molecule has 77 heavy (non-hydrogen) atoms. The van der Waals surface area contributed by atoms with Crippen molar-refractivity contribution < 1.29 is 64.6 Å². The highest BCUT2D eigenvalue weighted by atomic mass is 16.7. The summed E-state index contributed by atoms with van der Waals surface area (Å²) in [6, 6.07) is -0.824. The van der Waals surface area contributed by atoms with Gasteiger partial charge in [-0.1, -0.05) is 242 Å². The van der Waals surface area contributed by atoms with Crippen LogP contribution in [0.15, 0.2) is 48.6 Å². The van der Waals surface area contributed by atoms with Crippen LogP contribution in [-0.4, -0.2) is 140 Å². The predicted octanol–water partition coefficient (Wildman–Crippen LogP) is 11.2. The van der Waals surface area contributed by atoms with Gasteiger partial charge < -0.3 is 65.1 Å². The van der Waals surface area contributed by atoms with Crippen LogP contribution in [-0.2, 0) is 23.7 Å². The monoisotopic (exact) mass is 1090 g/mol. The molecule has 2 aliphatic rings. The van der Waals surface area contributed by atoms with Crippen molar-refractivity contribution in [3.8, 4) is 0 Å². The zero-order valence-corrected chi connectivity index (χ0v) is 48.5. The van der Waals surface area contributed by atoms with Crippen molar-refractivity contribution in [1.29, 1.82) is 0 Å². The van der Waals surface area contributed by atoms with E-state index in [-0.39, 0.29) is 12.5 Å². The summed E-state index contributed by atoms with van der Waals surface area (Å²) in [6.45, 7) is 2.71. The van der Waals surface area contributed by atoms with Gasteiger partial charge in [-0.3, -0.25) is 4.79 Å². The third-order valence-corrected chi connectivity index (χ3v) is 15.3. The summed E-state index contributed by atoms with van der Waals surface area (Å²) in [5.74, 6) is -0.207. The van der Waals surface area contributed by atoms with Gasteiger partial charge in [0.1, 0.15) is 48.8 Å². The number of unbranched alkanes of at least 4 members (excludes halogenated alkanes) is 29. The lowest BCUT2D eigenvalue weighted by molar-refractivity contribution is -0.359. The Balaban J connectivity index is 1.54. The SMILES string of the molecule is CC/C=C\C/C=C\C/C=C\C/C=C\CCCCCCCCCCCCCCCCCCCCCCCCC(=O)NC(COC1OC(CO)C(OC2OC(CO)C(O)C(O)C2O)C(O)C1O)C(O)CCCCCCCCCC. The van der Waals surface area contributed by atoms with Crippen LogP contribution in [0.4, 0.5) is 0 Å². The number of carbonyl (C=O) groups is 1. The van der Waals surface area contributed by atoms with Gasteiger partial charge in [0.15, 0.2) is 12.6 Å². The molecule has 14 nitrogen and oxygen atoms in total. The first kappa shape index (κ1) is 71.1. The van der Waals surface area contributed by atoms with Gasteiger partial charge in [-0.2, -0.15) is 0 Å². The summed E-state index contributed by atoms with van der Waals surface area (Å²) in [6.07, 6.45) is 44.6. The predicted molar refractivity (Wildman–Crippen MR) is 309 cm³/mol. The van der Waals surface area contributed by atoms with Gasteiger partial charge in [-0.05, 0) is 51.4 Å². The van der Waals surface area contributed by atoms with Crippen molar-refractivity contribution >= 4 is 5.91 Å². The fourth-order valence-corrected chi connectivity index (χ4v) is 10.3. The van der Waals surface area contributed by atoms with Crippen molar-refractivity contribution in [3.05, 3.63) is 48.6 Å². The summed E-state index contributed by atoms with van der Waals surface area (Å²) in [4.78, 5) is 13.2. The van der Waals surface area contributed by atoms with E-state index in [0.717, 1.165) is 77.0 Å². The summed E-state index contributed by atoms with van der Waals surface area (Å²) < 4.78 is 22.8. The molecule has 12 atom stereocenters. The highest BCUT2D eigenvalue weighted by molar-refractivity contribution is 5.76. The molecule has 1 amide bonds. The summed E-state index contributed by atoms with van der Waals surface area (Å²) in [5, 5.41) is 86.9. The number of aliphatic hydroxyl groups excluding tert-OH is 8. The molecule has 2 rings (SSSR count). The average Bonchev–Trinajstić information content (AvgIpc) is 3.44. The topological polar surface area (TPSA) is 228 Å². The van der Waals surface area contributed by atoms with Crippen molar-refractivity contribution in [2.45, 2.75) is 325 Å². The minimum Gasteiger partial charge on any atom is -0.394 e. The molecule has 0 radical (unpaired) electrons. The maximum atomic E-state index is 13.2. The van der Waals surface area contributed by atoms with Crippen LogP contribution in [0.5, 0.6) is 0 Å². The fourth-order valence-electron chi connectivity index (χ4n) is 10.3. The fraction of sp³-hybridized carbons (Fsp3) is 0.857. The van der Waals surface area contributed by atoms with Crippen LogP contribution >= 0.6 is 0 Å². The lowest BCUT2D eigenvalue weighted by Crippen LogP contribution is -2.65. The molecule has 0 aromatic carbocycles. The lowest BCUT2D eigenvalue weighted by atomic mass is 9.97. The molecule has 0 bridgehead atoms. The molecule has 9 N–H and O–H groups in total. The first-order chi connectivity index (χ1) is 37.6. The molecule has 14 heteroatoms. The zero-order valence-electron chi connectivity index (χ0n) is 48.5. The van der Waals surface area contributed by atoms with Gasteiger partial charge in [-0.25, -0.2) is 0 Å². The molecular weight excluding hydrogens is 979 g/mol. The number of allylic oxidation sites excluding steroid dienone is 8. The van der Waals surface area contributed by atoms with Crippen LogP contribution in [0, 0.1) is 0 Å². The number of nitrogens with one attached hydrogen (secondary N) is 1. The normalized spacial score (nSPS) is 25.0.